The molecule has 0 heterocycles. The zero-order valence-corrected chi connectivity index (χ0v) is 19.1. The van der Waals surface area contributed by atoms with Crippen molar-refractivity contribution in [3.63, 3.8) is 0 Å². The molecule has 0 aliphatic carbocycles. The molecule has 0 spiro atoms. The maximum atomic E-state index is 11.9. The Hall–Kier alpha value is -0.910. The van der Waals surface area contributed by atoms with E-state index in [1.54, 1.807) is 13.8 Å². The predicted molar refractivity (Wildman–Crippen MR) is 185 cm³/mol. The van der Waals surface area contributed by atoms with Gasteiger partial charge in [-0.2, -0.15) is 39.5 Å². The quantitative estimate of drug-likeness (QED) is 0.249. The van der Waals surface area contributed by atoms with E-state index in [2.05, 4.69) is 0 Å². The summed E-state index contributed by atoms with van der Waals surface area (Å²) in [6.45, 7) is 8.20. The van der Waals surface area contributed by atoms with Gasteiger partial charge in [-0.25, -0.2) is 17.6 Å². The van der Waals surface area contributed by atoms with Crippen LogP contribution >= 0.6 is 0 Å². The molecule has 0 radical (unpaired) electrons. The molecule has 0 N–H and O–H groups in total. The van der Waals surface area contributed by atoms with Crippen molar-refractivity contribution in [2.45, 2.75) is 208 Å². The number of rotatable bonds is 5. The minimum absolute atomic E-state index is 0. The Kier molecular flexibility index (Phi) is 118. The summed E-state index contributed by atoms with van der Waals surface area (Å²) in [6.07, 6.45) is -17.5. The second-order valence-electron chi connectivity index (χ2n) is 7.19. The smallest absolute Gasteiger partial charge is 0.210 e. The second kappa shape index (κ2) is 47.5. The van der Waals surface area contributed by atoms with E-state index >= 15 is 0 Å². The van der Waals surface area contributed by atoms with Crippen LogP contribution in [-0.2, 0) is 0 Å². The maximum Gasteiger partial charge on any atom is 0.402 e. The highest BCUT2D eigenvalue weighted by molar-refractivity contribution is 4.87. The lowest BCUT2D eigenvalue weighted by molar-refractivity contribution is -0.335. The van der Waals surface area contributed by atoms with Gasteiger partial charge in [-0.15, -0.1) is 0 Å². The lowest BCUT2D eigenvalue weighted by Crippen LogP contribution is -2.47. The lowest BCUT2D eigenvalue weighted by atomic mass is 9.86. The Bertz CT molecular complexity index is 422. The van der Waals surface area contributed by atoms with Gasteiger partial charge in [-0.1, -0.05) is 131 Å². The Morgan fingerprint density at radius 3 is 0.689 bits per heavy atom. The van der Waals surface area contributed by atoms with E-state index in [1.165, 1.54) is 13.8 Å². The molecule has 45 heavy (non-hydrogen) atoms. The van der Waals surface area contributed by atoms with Gasteiger partial charge in [-0.05, 0) is 33.1 Å². The molecular formula is C32H85F13. The lowest BCUT2D eigenvalue weighted by Gasteiger charge is -2.32. The Balaban J connectivity index is -0.0000000145. The third-order valence-corrected chi connectivity index (χ3v) is 4.19. The van der Waals surface area contributed by atoms with Crippen LogP contribution in [0.15, 0.2) is 0 Å². The standard InChI is InChI=1S/C6H8F6.C5H10F2.C4H7F3.C4H8F2.13CH4/c1-3-4(2,5(7,8)9)6(10,11)12;1-3-4(2)5(6)7;1-2-3-4(5,6)7;1-3-4(2,5)6;;;;;;;;;;;;;/h3H2,1-2H3;4-5H,3H2,1-2H3;2-3H2,1H3;3H2,1-2H3;13*1H4. The molecule has 1 unspecified atom stereocenters. The molecule has 0 amide bonds. The SMILES string of the molecule is C.C.C.C.C.C.C.C.C.C.C.C.C.CCC(C)(C(F)(F)F)C(F)(F)F.CCC(C)(F)F.CCC(C)C(F)F.CCCC(F)(F)F. The minimum Gasteiger partial charge on any atom is -0.210 e. The monoisotopic (exact) mass is 717 g/mol. The van der Waals surface area contributed by atoms with Crippen LogP contribution in [0.2, 0.25) is 0 Å². The van der Waals surface area contributed by atoms with Gasteiger partial charge in [0, 0.05) is 18.8 Å². The van der Waals surface area contributed by atoms with Crippen molar-refractivity contribution in [2.24, 2.45) is 11.3 Å². The van der Waals surface area contributed by atoms with Crippen molar-refractivity contribution < 1.29 is 57.1 Å². The molecule has 0 nitrogen and oxygen atoms in total. The highest BCUT2D eigenvalue weighted by Gasteiger charge is 2.66. The number of alkyl halides is 13. The summed E-state index contributed by atoms with van der Waals surface area (Å²) in [5, 5.41) is 0. The Labute approximate surface area is 276 Å². The molecule has 0 fully saturated rings. The van der Waals surface area contributed by atoms with E-state index in [9.17, 15) is 57.1 Å². The summed E-state index contributed by atoms with van der Waals surface area (Å²) < 4.78 is 150. The second-order valence-corrected chi connectivity index (χ2v) is 7.19. The summed E-state index contributed by atoms with van der Waals surface area (Å²) in [5.41, 5.74) is -3.58. The Morgan fingerprint density at radius 1 is 0.467 bits per heavy atom. The van der Waals surface area contributed by atoms with Gasteiger partial charge in [0.2, 0.25) is 12.3 Å². The first kappa shape index (κ1) is 112. The summed E-state index contributed by atoms with van der Waals surface area (Å²) in [5.74, 6) is -2.89. The van der Waals surface area contributed by atoms with E-state index in [0.29, 0.717) is 6.42 Å². The average Bonchev–Trinajstić information content (AvgIpc) is 2.58. The molecule has 304 valence electrons. The van der Waals surface area contributed by atoms with E-state index in [1.807, 2.05) is 0 Å². The fraction of sp³-hybridized carbons (Fsp3) is 1.00. The number of halogens is 13. The summed E-state index contributed by atoms with van der Waals surface area (Å²) in [7, 11) is 0. The first-order valence-corrected chi connectivity index (χ1v) is 9.72. The van der Waals surface area contributed by atoms with E-state index in [4.69, 9.17) is 0 Å². The van der Waals surface area contributed by atoms with Crippen LogP contribution in [0.4, 0.5) is 57.1 Å². The molecule has 0 saturated carbocycles. The zero-order chi connectivity index (χ0) is 27.2. The highest BCUT2D eigenvalue weighted by atomic mass is 19.4. The van der Waals surface area contributed by atoms with Gasteiger partial charge in [0.25, 0.3) is 0 Å². The Morgan fingerprint density at radius 2 is 0.689 bits per heavy atom. The van der Waals surface area contributed by atoms with Gasteiger partial charge >= 0.3 is 18.5 Å². The molecule has 0 bridgehead atoms. The molecule has 0 saturated heterocycles. The number of hydrogen-bond acceptors (Lipinski definition) is 0. The van der Waals surface area contributed by atoms with Crippen LogP contribution in [0.1, 0.15) is 177 Å². The van der Waals surface area contributed by atoms with Crippen molar-refractivity contribution in [3.8, 4) is 0 Å². The van der Waals surface area contributed by atoms with Crippen LogP contribution in [-0.4, -0.2) is 30.9 Å². The van der Waals surface area contributed by atoms with Crippen molar-refractivity contribution in [1.82, 2.24) is 0 Å². The number of hydrogen-bond donors (Lipinski definition) is 0. The largest absolute Gasteiger partial charge is 0.402 e. The molecule has 0 aliphatic rings. The molecule has 0 rings (SSSR count). The van der Waals surface area contributed by atoms with Crippen LogP contribution < -0.4 is 0 Å². The van der Waals surface area contributed by atoms with Gasteiger partial charge < -0.3 is 0 Å². The molecule has 0 aliphatic heterocycles. The van der Waals surface area contributed by atoms with E-state index < -0.39 is 55.1 Å². The van der Waals surface area contributed by atoms with Gasteiger partial charge in [0.05, 0.1) is 0 Å². The highest BCUT2D eigenvalue weighted by Crippen LogP contribution is 2.51. The van der Waals surface area contributed by atoms with E-state index in [-0.39, 0.29) is 116 Å². The summed E-state index contributed by atoms with van der Waals surface area (Å²) >= 11 is 0. The van der Waals surface area contributed by atoms with Crippen LogP contribution in [0.25, 0.3) is 0 Å². The maximum absolute atomic E-state index is 11.9. The predicted octanol–water partition coefficient (Wildman–Crippen LogP) is 18.5. The fourth-order valence-electron chi connectivity index (χ4n) is 1.02. The zero-order valence-electron chi connectivity index (χ0n) is 19.1. The molecule has 1 atom stereocenters. The molecule has 0 aromatic rings. The summed E-state index contributed by atoms with van der Waals surface area (Å²) in [6, 6.07) is 0. The van der Waals surface area contributed by atoms with Crippen LogP contribution in [0.3, 0.4) is 0 Å². The first-order chi connectivity index (χ1) is 13.9. The van der Waals surface area contributed by atoms with E-state index in [0.717, 1.165) is 13.8 Å². The normalized spacial score (nSPS) is 9.80. The first-order valence-electron chi connectivity index (χ1n) is 9.72. The minimum atomic E-state index is -5.24. The third kappa shape index (κ3) is 66.4. The van der Waals surface area contributed by atoms with Gasteiger partial charge in [0.15, 0.2) is 5.41 Å². The topological polar surface area (TPSA) is 0 Å². The molecular weight excluding hydrogens is 631 g/mol. The molecule has 0 aromatic carbocycles. The third-order valence-electron chi connectivity index (χ3n) is 4.19. The fourth-order valence-corrected chi connectivity index (χ4v) is 1.02. The van der Waals surface area contributed by atoms with Crippen LogP contribution in [0, 0.1) is 11.3 Å². The summed E-state index contributed by atoms with van der Waals surface area (Å²) in [4.78, 5) is 0. The van der Waals surface area contributed by atoms with Gasteiger partial charge in [0.1, 0.15) is 0 Å². The average molecular weight is 717 g/mol. The molecule has 0 aromatic heterocycles. The van der Waals surface area contributed by atoms with Crippen molar-refractivity contribution in [1.29, 1.82) is 0 Å². The van der Waals surface area contributed by atoms with Crippen molar-refractivity contribution in [2.75, 3.05) is 0 Å². The van der Waals surface area contributed by atoms with Crippen LogP contribution in [0.5, 0.6) is 0 Å². The van der Waals surface area contributed by atoms with Gasteiger partial charge in [-0.3, -0.25) is 0 Å². The van der Waals surface area contributed by atoms with Crippen molar-refractivity contribution in [3.05, 3.63) is 0 Å². The van der Waals surface area contributed by atoms with Crippen molar-refractivity contribution >= 4 is 0 Å². The molecule has 13 heteroatoms.